The molecule has 0 unspecified atom stereocenters. The molecule has 3 rings (SSSR count). The van der Waals surface area contributed by atoms with Crippen LogP contribution in [0.5, 0.6) is 5.75 Å². The van der Waals surface area contributed by atoms with Gasteiger partial charge in [-0.1, -0.05) is 12.1 Å². The zero-order valence-electron chi connectivity index (χ0n) is 14.1. The number of nitrogens with one attached hydrogen (secondary N) is 1. The number of methoxy groups -OCH3 is 1. The topological polar surface area (TPSA) is 92.8 Å². The Morgan fingerprint density at radius 2 is 1.54 bits per heavy atom. The maximum atomic E-state index is 12.4. The number of nitrogens with zero attached hydrogens (tertiary/aromatic N) is 1. The molecule has 26 heavy (non-hydrogen) atoms. The Hall–Kier alpha value is -2.87. The highest BCUT2D eigenvalue weighted by molar-refractivity contribution is 7.92. The molecular formula is C18H18N2O5S. The molecule has 1 aliphatic rings. The average Bonchev–Trinajstić information content (AvgIpc) is 2.95. The standard InChI is InChI=1S/C18H18N2O5S/c1-25-15-6-8-16(9-7-15)26(23,24)19-14-4-2-13(3-5-14)12-20-17(21)10-11-18(20)22/h2-9,19H,10-12H2,1H3. The number of anilines is 1. The Morgan fingerprint density at radius 1 is 0.962 bits per heavy atom. The molecule has 1 N–H and O–H groups in total. The van der Waals surface area contributed by atoms with Crippen LogP contribution in [0.25, 0.3) is 0 Å². The van der Waals surface area contributed by atoms with Crippen molar-refractivity contribution in [2.75, 3.05) is 11.8 Å². The second-order valence-corrected chi connectivity index (χ2v) is 7.53. The van der Waals surface area contributed by atoms with Gasteiger partial charge in [-0.25, -0.2) is 8.42 Å². The van der Waals surface area contributed by atoms with Crippen LogP contribution in [0.2, 0.25) is 0 Å². The second kappa shape index (κ2) is 7.17. The number of sulfonamides is 1. The van der Waals surface area contributed by atoms with E-state index in [1.165, 1.54) is 24.1 Å². The molecule has 2 aromatic rings. The van der Waals surface area contributed by atoms with Gasteiger partial charge in [0, 0.05) is 18.5 Å². The Morgan fingerprint density at radius 3 is 2.08 bits per heavy atom. The zero-order chi connectivity index (χ0) is 18.7. The van der Waals surface area contributed by atoms with E-state index in [0.717, 1.165) is 5.56 Å². The van der Waals surface area contributed by atoms with Gasteiger partial charge in [0.05, 0.1) is 18.6 Å². The van der Waals surface area contributed by atoms with Crippen LogP contribution >= 0.6 is 0 Å². The molecule has 0 bridgehead atoms. The van der Waals surface area contributed by atoms with Crippen LogP contribution in [-0.2, 0) is 26.2 Å². The first kappa shape index (κ1) is 17.9. The monoisotopic (exact) mass is 374 g/mol. The lowest BCUT2D eigenvalue weighted by atomic mass is 10.2. The number of carbonyl (C=O) groups excluding carboxylic acids is 2. The highest BCUT2D eigenvalue weighted by Crippen LogP contribution is 2.21. The number of imide groups is 1. The molecule has 1 fully saturated rings. The molecule has 0 aliphatic carbocycles. The Kier molecular flexibility index (Phi) is 4.94. The third-order valence-corrected chi connectivity index (χ3v) is 5.47. The first-order valence-corrected chi connectivity index (χ1v) is 9.46. The smallest absolute Gasteiger partial charge is 0.261 e. The lowest BCUT2D eigenvalue weighted by Crippen LogP contribution is -2.28. The molecule has 2 amide bonds. The first-order chi connectivity index (χ1) is 12.4. The van der Waals surface area contributed by atoms with Crippen LogP contribution in [0.3, 0.4) is 0 Å². The van der Waals surface area contributed by atoms with Gasteiger partial charge >= 0.3 is 0 Å². The van der Waals surface area contributed by atoms with Gasteiger partial charge in [0.25, 0.3) is 10.0 Å². The molecule has 8 heteroatoms. The SMILES string of the molecule is COc1ccc(S(=O)(=O)Nc2ccc(CN3C(=O)CCC3=O)cc2)cc1. The van der Waals surface area contributed by atoms with E-state index >= 15 is 0 Å². The Balaban J connectivity index is 1.70. The number of ether oxygens (including phenoxy) is 1. The molecular weight excluding hydrogens is 356 g/mol. The highest BCUT2D eigenvalue weighted by Gasteiger charge is 2.28. The fourth-order valence-electron chi connectivity index (χ4n) is 2.63. The van der Waals surface area contributed by atoms with Crippen molar-refractivity contribution in [2.24, 2.45) is 0 Å². The minimum Gasteiger partial charge on any atom is -0.497 e. The van der Waals surface area contributed by atoms with Gasteiger partial charge in [0.15, 0.2) is 0 Å². The number of likely N-dealkylation sites (tertiary alicyclic amines) is 1. The van der Waals surface area contributed by atoms with E-state index in [4.69, 9.17) is 4.74 Å². The molecule has 136 valence electrons. The number of carbonyl (C=O) groups is 2. The van der Waals surface area contributed by atoms with Gasteiger partial charge in [0.1, 0.15) is 5.75 Å². The molecule has 0 spiro atoms. The van der Waals surface area contributed by atoms with Crippen molar-refractivity contribution < 1.29 is 22.7 Å². The fraction of sp³-hybridized carbons (Fsp3) is 0.222. The summed E-state index contributed by atoms with van der Waals surface area (Å²) < 4.78 is 32.3. The third kappa shape index (κ3) is 3.85. The minimum absolute atomic E-state index is 0.121. The Bertz CT molecular complexity index is 905. The van der Waals surface area contributed by atoms with Crippen LogP contribution in [0.1, 0.15) is 18.4 Å². The van der Waals surface area contributed by atoms with Gasteiger partial charge in [-0.3, -0.25) is 19.2 Å². The summed E-state index contributed by atoms with van der Waals surface area (Å²) in [6, 6.07) is 12.6. The third-order valence-electron chi connectivity index (χ3n) is 4.07. The summed E-state index contributed by atoms with van der Waals surface area (Å²) >= 11 is 0. The van der Waals surface area contributed by atoms with Crippen molar-refractivity contribution in [2.45, 2.75) is 24.3 Å². The molecule has 0 atom stereocenters. The average molecular weight is 374 g/mol. The summed E-state index contributed by atoms with van der Waals surface area (Å²) in [6.45, 7) is 0.198. The van der Waals surface area contributed by atoms with Crippen LogP contribution in [0, 0.1) is 0 Å². The summed E-state index contributed by atoms with van der Waals surface area (Å²) in [6.07, 6.45) is 0.497. The molecule has 1 heterocycles. The van der Waals surface area contributed by atoms with Crippen molar-refractivity contribution in [3.8, 4) is 5.75 Å². The predicted molar refractivity (Wildman–Crippen MR) is 95.0 cm³/mol. The van der Waals surface area contributed by atoms with Gasteiger partial charge in [0.2, 0.25) is 11.8 Å². The van der Waals surface area contributed by atoms with Gasteiger partial charge in [-0.05, 0) is 42.0 Å². The van der Waals surface area contributed by atoms with Crippen molar-refractivity contribution >= 4 is 27.5 Å². The van der Waals surface area contributed by atoms with Gasteiger partial charge in [-0.15, -0.1) is 0 Å². The van der Waals surface area contributed by atoms with Gasteiger partial charge < -0.3 is 4.74 Å². The molecule has 0 saturated carbocycles. The summed E-state index contributed by atoms with van der Waals surface area (Å²) in [5, 5.41) is 0. The van der Waals surface area contributed by atoms with Crippen LogP contribution in [0.15, 0.2) is 53.4 Å². The number of hydrogen-bond donors (Lipinski definition) is 1. The van der Waals surface area contributed by atoms with Crippen LogP contribution < -0.4 is 9.46 Å². The van der Waals surface area contributed by atoms with Crippen molar-refractivity contribution in [3.05, 3.63) is 54.1 Å². The minimum atomic E-state index is -3.72. The number of rotatable bonds is 6. The highest BCUT2D eigenvalue weighted by atomic mass is 32.2. The molecule has 1 saturated heterocycles. The van der Waals surface area contributed by atoms with E-state index in [-0.39, 0.29) is 36.1 Å². The fourth-order valence-corrected chi connectivity index (χ4v) is 3.69. The zero-order valence-corrected chi connectivity index (χ0v) is 15.0. The van der Waals surface area contributed by atoms with Gasteiger partial charge in [-0.2, -0.15) is 0 Å². The van der Waals surface area contributed by atoms with E-state index in [0.29, 0.717) is 11.4 Å². The maximum Gasteiger partial charge on any atom is 0.261 e. The number of amides is 2. The molecule has 2 aromatic carbocycles. The van der Waals surface area contributed by atoms with E-state index in [9.17, 15) is 18.0 Å². The largest absolute Gasteiger partial charge is 0.497 e. The first-order valence-electron chi connectivity index (χ1n) is 7.98. The molecule has 0 aromatic heterocycles. The molecule has 1 aliphatic heterocycles. The summed E-state index contributed by atoms with van der Waals surface area (Å²) in [5.74, 6) is 0.206. The van der Waals surface area contributed by atoms with Crippen molar-refractivity contribution in [3.63, 3.8) is 0 Å². The van der Waals surface area contributed by atoms with E-state index in [1.807, 2.05) is 0 Å². The Labute approximate surface area is 151 Å². The maximum absolute atomic E-state index is 12.4. The number of benzene rings is 2. The quantitative estimate of drug-likeness (QED) is 0.782. The lowest BCUT2D eigenvalue weighted by molar-refractivity contribution is -0.139. The predicted octanol–water partition coefficient (Wildman–Crippen LogP) is 2.14. The lowest BCUT2D eigenvalue weighted by Gasteiger charge is -2.14. The molecule has 0 radical (unpaired) electrons. The second-order valence-electron chi connectivity index (χ2n) is 5.85. The van der Waals surface area contributed by atoms with E-state index in [2.05, 4.69) is 4.72 Å². The van der Waals surface area contributed by atoms with Crippen molar-refractivity contribution in [1.82, 2.24) is 4.90 Å². The molecule has 7 nitrogen and oxygen atoms in total. The summed E-state index contributed by atoms with van der Waals surface area (Å²) in [5.41, 5.74) is 1.14. The van der Waals surface area contributed by atoms with Crippen LogP contribution in [0.4, 0.5) is 5.69 Å². The van der Waals surface area contributed by atoms with Crippen LogP contribution in [-0.4, -0.2) is 32.2 Å². The normalized spacial score (nSPS) is 14.6. The van der Waals surface area contributed by atoms with Crippen molar-refractivity contribution in [1.29, 1.82) is 0 Å². The number of hydrogen-bond acceptors (Lipinski definition) is 5. The summed E-state index contributed by atoms with van der Waals surface area (Å²) in [7, 11) is -2.21. The summed E-state index contributed by atoms with van der Waals surface area (Å²) in [4.78, 5) is 24.6. The van der Waals surface area contributed by atoms with E-state index < -0.39 is 10.0 Å². The van der Waals surface area contributed by atoms with E-state index in [1.54, 1.807) is 36.4 Å².